The molecule has 0 aliphatic heterocycles. The highest BCUT2D eigenvalue weighted by Gasteiger charge is 2.68. The maximum Gasteiger partial charge on any atom is 0.328 e. The Balaban J connectivity index is 1.92. The van der Waals surface area contributed by atoms with Crippen LogP contribution in [-0.2, 0) is 9.53 Å². The van der Waals surface area contributed by atoms with E-state index in [9.17, 15) is 14.7 Å². The fraction of sp³-hybridized carbons (Fsp3) is 0.565. The number of carbonyl (C=O) groups is 2. The van der Waals surface area contributed by atoms with E-state index in [-0.39, 0.29) is 10.8 Å². The minimum absolute atomic E-state index is 0.231. The van der Waals surface area contributed by atoms with Gasteiger partial charge in [0.1, 0.15) is 11.6 Å². The minimum Gasteiger partial charge on any atom is -0.467 e. The van der Waals surface area contributed by atoms with Gasteiger partial charge in [0, 0.05) is 16.4 Å². The summed E-state index contributed by atoms with van der Waals surface area (Å²) in [7, 11) is 1.28. The van der Waals surface area contributed by atoms with Gasteiger partial charge in [-0.2, -0.15) is 0 Å². The van der Waals surface area contributed by atoms with E-state index in [1.165, 1.54) is 7.11 Å². The molecule has 2 aliphatic rings. The molecule has 5 nitrogen and oxygen atoms in total. The predicted octanol–water partition coefficient (Wildman–Crippen LogP) is 2.91. The summed E-state index contributed by atoms with van der Waals surface area (Å²) in [4.78, 5) is 24.2. The Hall–Kier alpha value is -2.32. The summed E-state index contributed by atoms with van der Waals surface area (Å²) in [6.07, 6.45) is 3.06. The number of amides is 1. The molecule has 1 amide bonds. The maximum atomic E-state index is 12.6. The van der Waals surface area contributed by atoms with Crippen molar-refractivity contribution in [1.82, 2.24) is 5.32 Å². The van der Waals surface area contributed by atoms with Gasteiger partial charge in [-0.3, -0.25) is 4.79 Å². The van der Waals surface area contributed by atoms with Crippen molar-refractivity contribution in [2.24, 2.45) is 16.7 Å². The first-order valence-corrected chi connectivity index (χ1v) is 9.79. The molecule has 150 valence electrons. The van der Waals surface area contributed by atoms with E-state index in [1.54, 1.807) is 25.1 Å². The van der Waals surface area contributed by atoms with Crippen molar-refractivity contribution in [2.75, 3.05) is 7.11 Å². The molecule has 0 aromatic heterocycles. The second-order valence-corrected chi connectivity index (χ2v) is 8.95. The lowest BCUT2D eigenvalue weighted by atomic mass is 9.60. The van der Waals surface area contributed by atoms with E-state index < -0.39 is 23.5 Å². The van der Waals surface area contributed by atoms with Gasteiger partial charge < -0.3 is 15.2 Å². The van der Waals surface area contributed by atoms with Crippen molar-refractivity contribution in [3.05, 3.63) is 35.4 Å². The zero-order chi connectivity index (χ0) is 20.7. The monoisotopic (exact) mass is 383 g/mol. The molecular weight excluding hydrogens is 354 g/mol. The highest BCUT2D eigenvalue weighted by atomic mass is 16.5. The standard InChI is InChI=1S/C23H29NO4/c1-15(20(26)28-5)24-19(25)18-9-7-6-8-16(18)10-13-23(27)21(2,3)17-11-12-22(23,4)14-17/h6-9,15,17,27H,11-12,14H2,1-5H3,(H,24,25). The lowest BCUT2D eigenvalue weighted by molar-refractivity contribution is -0.142. The summed E-state index contributed by atoms with van der Waals surface area (Å²) in [5.41, 5.74) is -0.728. The zero-order valence-electron chi connectivity index (χ0n) is 17.3. The molecule has 1 aromatic carbocycles. The number of carbonyl (C=O) groups excluding carboxylic acids is 2. The van der Waals surface area contributed by atoms with Crippen LogP contribution in [0.25, 0.3) is 0 Å². The van der Waals surface area contributed by atoms with Crippen LogP contribution in [-0.4, -0.2) is 35.7 Å². The molecule has 0 heterocycles. The zero-order valence-corrected chi connectivity index (χ0v) is 17.3. The van der Waals surface area contributed by atoms with Gasteiger partial charge in [-0.15, -0.1) is 0 Å². The van der Waals surface area contributed by atoms with Gasteiger partial charge >= 0.3 is 5.97 Å². The summed E-state index contributed by atoms with van der Waals surface area (Å²) in [5, 5.41) is 14.2. The molecule has 0 saturated heterocycles. The average molecular weight is 383 g/mol. The Morgan fingerprint density at radius 1 is 1.29 bits per heavy atom. The average Bonchev–Trinajstić information content (AvgIpc) is 3.14. The summed E-state index contributed by atoms with van der Waals surface area (Å²) in [5.74, 6) is 5.78. The molecule has 2 saturated carbocycles. The molecule has 2 bridgehead atoms. The van der Waals surface area contributed by atoms with E-state index in [1.807, 2.05) is 6.07 Å². The molecule has 1 aromatic rings. The molecule has 2 aliphatic carbocycles. The number of hydrogen-bond donors (Lipinski definition) is 2. The summed E-state index contributed by atoms with van der Waals surface area (Å²) in [6, 6.07) is 6.23. The van der Waals surface area contributed by atoms with E-state index >= 15 is 0 Å². The third kappa shape index (κ3) is 3.00. The topological polar surface area (TPSA) is 75.6 Å². The largest absolute Gasteiger partial charge is 0.467 e. The van der Waals surface area contributed by atoms with Gasteiger partial charge in [0.2, 0.25) is 0 Å². The lowest BCUT2D eigenvalue weighted by Crippen LogP contribution is -2.53. The molecular formula is C23H29NO4. The Morgan fingerprint density at radius 3 is 2.57 bits per heavy atom. The van der Waals surface area contributed by atoms with Crippen LogP contribution in [0.3, 0.4) is 0 Å². The SMILES string of the molecule is COC(=O)C(C)NC(=O)c1ccccc1C#CC1(O)C2(C)CCC(C2)C1(C)C. The number of fused-ring (bicyclic) bond motifs is 2. The number of esters is 1. The highest BCUT2D eigenvalue weighted by Crippen LogP contribution is 2.67. The maximum absolute atomic E-state index is 12.6. The summed E-state index contributed by atoms with van der Waals surface area (Å²) < 4.78 is 4.65. The van der Waals surface area contributed by atoms with Gasteiger partial charge in [0.25, 0.3) is 5.91 Å². The van der Waals surface area contributed by atoms with Gasteiger partial charge in [-0.05, 0) is 44.2 Å². The minimum atomic E-state index is -1.11. The molecule has 2 fully saturated rings. The second kappa shape index (κ2) is 6.93. The molecule has 5 heteroatoms. The van der Waals surface area contributed by atoms with Crippen LogP contribution in [0.2, 0.25) is 0 Å². The van der Waals surface area contributed by atoms with Crippen LogP contribution < -0.4 is 5.32 Å². The highest BCUT2D eigenvalue weighted by molar-refractivity contribution is 5.98. The van der Waals surface area contributed by atoms with Crippen LogP contribution in [0.5, 0.6) is 0 Å². The number of rotatable bonds is 3. The predicted molar refractivity (Wildman–Crippen MR) is 106 cm³/mol. The van der Waals surface area contributed by atoms with Gasteiger partial charge in [0.15, 0.2) is 0 Å². The number of ether oxygens (including phenoxy) is 1. The van der Waals surface area contributed by atoms with Crippen molar-refractivity contribution in [3.8, 4) is 11.8 Å². The van der Waals surface area contributed by atoms with E-state index in [0.717, 1.165) is 19.3 Å². The van der Waals surface area contributed by atoms with Crippen molar-refractivity contribution >= 4 is 11.9 Å². The smallest absolute Gasteiger partial charge is 0.328 e. The number of aliphatic hydroxyl groups is 1. The third-order valence-electron chi connectivity index (χ3n) is 7.02. The van der Waals surface area contributed by atoms with E-state index in [2.05, 4.69) is 42.7 Å². The number of hydrogen-bond acceptors (Lipinski definition) is 4. The van der Waals surface area contributed by atoms with Crippen molar-refractivity contribution in [2.45, 2.75) is 58.6 Å². The quantitative estimate of drug-likeness (QED) is 0.622. The van der Waals surface area contributed by atoms with Gasteiger partial charge in [-0.1, -0.05) is 44.7 Å². The summed E-state index contributed by atoms with van der Waals surface area (Å²) >= 11 is 0. The Morgan fingerprint density at radius 2 is 1.96 bits per heavy atom. The van der Waals surface area contributed by atoms with Crippen molar-refractivity contribution in [1.29, 1.82) is 0 Å². The van der Waals surface area contributed by atoms with Crippen molar-refractivity contribution < 1.29 is 19.4 Å². The molecule has 0 spiro atoms. The van der Waals surface area contributed by atoms with Gasteiger partial charge in [-0.25, -0.2) is 4.79 Å². The Labute approximate surface area is 166 Å². The number of methoxy groups -OCH3 is 1. The number of nitrogens with one attached hydrogen (secondary N) is 1. The molecule has 4 unspecified atom stereocenters. The molecule has 2 N–H and O–H groups in total. The van der Waals surface area contributed by atoms with Crippen molar-refractivity contribution in [3.63, 3.8) is 0 Å². The first-order valence-electron chi connectivity index (χ1n) is 9.79. The first kappa shape index (κ1) is 20.4. The number of benzene rings is 1. The lowest BCUT2D eigenvalue weighted by Gasteiger charge is -2.47. The van der Waals surface area contributed by atoms with Crippen LogP contribution >= 0.6 is 0 Å². The van der Waals surface area contributed by atoms with E-state index in [4.69, 9.17) is 0 Å². The van der Waals surface area contributed by atoms with Crippen LogP contribution in [0.4, 0.5) is 0 Å². The fourth-order valence-electron chi connectivity index (χ4n) is 5.03. The Kier molecular flexibility index (Phi) is 5.05. The normalized spacial score (nSPS) is 30.9. The first-order chi connectivity index (χ1) is 13.1. The van der Waals surface area contributed by atoms with Crippen LogP contribution in [0.1, 0.15) is 62.9 Å². The molecule has 28 heavy (non-hydrogen) atoms. The summed E-state index contributed by atoms with van der Waals surface area (Å²) in [6.45, 7) is 7.87. The van der Waals surface area contributed by atoms with Gasteiger partial charge in [0.05, 0.1) is 12.7 Å². The van der Waals surface area contributed by atoms with E-state index in [0.29, 0.717) is 17.0 Å². The molecule has 0 radical (unpaired) electrons. The van der Waals surface area contributed by atoms with Crippen LogP contribution in [0, 0.1) is 28.6 Å². The molecule has 3 rings (SSSR count). The Bertz CT molecular complexity index is 858. The molecule has 4 atom stereocenters. The second-order valence-electron chi connectivity index (χ2n) is 8.95. The van der Waals surface area contributed by atoms with Crippen LogP contribution in [0.15, 0.2) is 24.3 Å². The third-order valence-corrected chi connectivity index (χ3v) is 7.02. The fourth-order valence-corrected chi connectivity index (χ4v) is 5.03.